The molecule has 0 radical (unpaired) electrons. The second-order valence-corrected chi connectivity index (χ2v) is 11.6. The molecule has 0 atom stereocenters. The first-order chi connectivity index (χ1) is 15.5. The molecule has 1 aliphatic rings. The highest BCUT2D eigenvalue weighted by Gasteiger charge is 2.30. The van der Waals surface area contributed by atoms with Gasteiger partial charge in [0.25, 0.3) is 10.0 Å². The standard InChI is InChI=1S/C24H26N4O2S2/c1-19-11-12-24(31-19)32(29,30)27-15-13-26(14-16-27)18-23-25-21-9-5-6-10-22(21)28(23)17-20-7-3-2-4-8-20/h2-12H,13-18H2,1H3. The van der Waals surface area contributed by atoms with Crippen molar-refractivity contribution in [1.82, 2.24) is 18.8 Å². The van der Waals surface area contributed by atoms with Crippen LogP contribution in [0.2, 0.25) is 0 Å². The molecule has 4 aromatic rings. The van der Waals surface area contributed by atoms with Gasteiger partial charge in [0.1, 0.15) is 10.0 Å². The molecule has 8 heteroatoms. The predicted molar refractivity (Wildman–Crippen MR) is 128 cm³/mol. The van der Waals surface area contributed by atoms with Crippen LogP contribution in [0.25, 0.3) is 11.0 Å². The van der Waals surface area contributed by atoms with Gasteiger partial charge in [0, 0.05) is 37.6 Å². The molecule has 166 valence electrons. The number of nitrogens with zero attached hydrogens (tertiary/aromatic N) is 4. The number of benzene rings is 2. The van der Waals surface area contributed by atoms with Gasteiger partial charge in [-0.1, -0.05) is 42.5 Å². The van der Waals surface area contributed by atoms with Crippen molar-refractivity contribution < 1.29 is 8.42 Å². The van der Waals surface area contributed by atoms with Gasteiger partial charge in [-0.25, -0.2) is 13.4 Å². The summed E-state index contributed by atoms with van der Waals surface area (Å²) in [4.78, 5) is 8.23. The molecule has 32 heavy (non-hydrogen) atoms. The van der Waals surface area contributed by atoms with Crippen molar-refractivity contribution in [3.05, 3.63) is 83.0 Å². The van der Waals surface area contributed by atoms with Gasteiger partial charge in [0.15, 0.2) is 0 Å². The molecule has 0 saturated carbocycles. The van der Waals surface area contributed by atoms with E-state index < -0.39 is 10.0 Å². The second-order valence-electron chi connectivity index (χ2n) is 8.13. The number of imidazole rings is 1. The van der Waals surface area contributed by atoms with Crippen molar-refractivity contribution in [2.45, 2.75) is 24.2 Å². The van der Waals surface area contributed by atoms with Crippen molar-refractivity contribution in [2.24, 2.45) is 0 Å². The van der Waals surface area contributed by atoms with Crippen LogP contribution in [-0.2, 0) is 23.1 Å². The predicted octanol–water partition coefficient (Wildman–Crippen LogP) is 3.96. The minimum atomic E-state index is -3.40. The summed E-state index contributed by atoms with van der Waals surface area (Å²) in [6.07, 6.45) is 0. The van der Waals surface area contributed by atoms with Crippen LogP contribution >= 0.6 is 11.3 Å². The van der Waals surface area contributed by atoms with E-state index in [4.69, 9.17) is 4.98 Å². The summed E-state index contributed by atoms with van der Waals surface area (Å²) >= 11 is 1.34. The molecule has 2 aromatic heterocycles. The summed E-state index contributed by atoms with van der Waals surface area (Å²) in [6, 6.07) is 22.2. The Hall–Kier alpha value is -2.52. The maximum Gasteiger partial charge on any atom is 0.252 e. The van der Waals surface area contributed by atoms with Gasteiger partial charge in [-0.15, -0.1) is 11.3 Å². The second kappa shape index (κ2) is 8.78. The maximum atomic E-state index is 12.9. The number of rotatable bonds is 6. The maximum absolute atomic E-state index is 12.9. The largest absolute Gasteiger partial charge is 0.322 e. The number of fused-ring (bicyclic) bond motifs is 1. The molecule has 0 aliphatic carbocycles. The zero-order valence-electron chi connectivity index (χ0n) is 18.0. The van der Waals surface area contributed by atoms with Gasteiger partial charge in [0.05, 0.1) is 17.6 Å². The first-order valence-electron chi connectivity index (χ1n) is 10.8. The average Bonchev–Trinajstić information content (AvgIpc) is 3.39. The Bertz CT molecular complexity index is 1320. The van der Waals surface area contributed by atoms with Gasteiger partial charge in [-0.3, -0.25) is 4.90 Å². The molecule has 0 bridgehead atoms. The highest BCUT2D eigenvalue weighted by molar-refractivity contribution is 7.91. The number of piperazine rings is 1. The lowest BCUT2D eigenvalue weighted by atomic mass is 10.2. The Labute approximate surface area is 192 Å². The molecular weight excluding hydrogens is 440 g/mol. The van der Waals surface area contributed by atoms with Crippen molar-refractivity contribution in [2.75, 3.05) is 26.2 Å². The summed E-state index contributed by atoms with van der Waals surface area (Å²) in [5.74, 6) is 1.01. The van der Waals surface area contributed by atoms with Gasteiger partial charge in [0.2, 0.25) is 0 Å². The average molecular weight is 467 g/mol. The Kier molecular flexibility index (Phi) is 5.86. The summed E-state index contributed by atoms with van der Waals surface area (Å²) < 4.78 is 30.2. The van der Waals surface area contributed by atoms with Gasteiger partial charge >= 0.3 is 0 Å². The minimum absolute atomic E-state index is 0.438. The van der Waals surface area contributed by atoms with E-state index in [-0.39, 0.29) is 0 Å². The van der Waals surface area contributed by atoms with E-state index in [1.54, 1.807) is 10.4 Å². The first-order valence-corrected chi connectivity index (χ1v) is 13.0. The lowest BCUT2D eigenvalue weighted by molar-refractivity contribution is 0.177. The fraction of sp³-hybridized carbons (Fsp3) is 0.292. The summed E-state index contributed by atoms with van der Waals surface area (Å²) in [6.45, 7) is 5.78. The van der Waals surface area contributed by atoms with E-state index in [1.807, 2.05) is 37.3 Å². The van der Waals surface area contributed by atoms with Gasteiger partial charge in [-0.05, 0) is 36.8 Å². The minimum Gasteiger partial charge on any atom is -0.322 e. The lowest BCUT2D eigenvalue weighted by Gasteiger charge is -2.33. The van der Waals surface area contributed by atoms with E-state index in [9.17, 15) is 8.42 Å². The Morgan fingerprint density at radius 3 is 2.31 bits per heavy atom. The Morgan fingerprint density at radius 1 is 0.875 bits per heavy atom. The summed E-state index contributed by atoms with van der Waals surface area (Å²) in [5.41, 5.74) is 3.35. The topological polar surface area (TPSA) is 58.4 Å². The molecule has 0 amide bonds. The van der Waals surface area contributed by atoms with E-state index >= 15 is 0 Å². The molecule has 1 fully saturated rings. The number of para-hydroxylation sites is 2. The van der Waals surface area contributed by atoms with Gasteiger partial charge < -0.3 is 4.57 Å². The summed E-state index contributed by atoms with van der Waals surface area (Å²) in [5, 5.41) is 0. The quantitative estimate of drug-likeness (QED) is 0.432. The third kappa shape index (κ3) is 4.23. The zero-order chi connectivity index (χ0) is 22.1. The number of aromatic nitrogens is 2. The molecule has 5 rings (SSSR count). The normalized spacial score (nSPS) is 16.0. The van der Waals surface area contributed by atoms with Crippen molar-refractivity contribution >= 4 is 32.4 Å². The zero-order valence-corrected chi connectivity index (χ0v) is 19.6. The Morgan fingerprint density at radius 2 is 1.59 bits per heavy atom. The van der Waals surface area contributed by atoms with Crippen LogP contribution in [0, 0.1) is 6.92 Å². The number of sulfonamides is 1. The molecule has 1 aliphatic heterocycles. The molecular formula is C24H26N4O2S2. The highest BCUT2D eigenvalue weighted by atomic mass is 32.2. The molecule has 6 nitrogen and oxygen atoms in total. The number of thiophene rings is 1. The monoisotopic (exact) mass is 466 g/mol. The third-order valence-electron chi connectivity index (χ3n) is 5.92. The molecule has 2 aromatic carbocycles. The van der Waals surface area contributed by atoms with Crippen LogP contribution in [0.4, 0.5) is 0 Å². The molecule has 0 unspecified atom stereocenters. The van der Waals surface area contributed by atoms with Gasteiger partial charge in [-0.2, -0.15) is 4.31 Å². The smallest absolute Gasteiger partial charge is 0.252 e. The fourth-order valence-corrected chi connectivity index (χ4v) is 7.05. The first kappa shape index (κ1) is 21.3. The third-order valence-corrected chi connectivity index (χ3v) is 9.29. The van der Waals surface area contributed by atoms with Crippen molar-refractivity contribution in [1.29, 1.82) is 0 Å². The fourth-order valence-electron chi connectivity index (χ4n) is 4.19. The van der Waals surface area contributed by atoms with Crippen LogP contribution in [0.5, 0.6) is 0 Å². The molecule has 1 saturated heterocycles. The van der Waals surface area contributed by atoms with Crippen molar-refractivity contribution in [3.8, 4) is 0 Å². The SMILES string of the molecule is Cc1ccc(S(=O)(=O)N2CCN(Cc3nc4ccccc4n3Cc3ccccc3)CC2)s1. The lowest BCUT2D eigenvalue weighted by Crippen LogP contribution is -2.48. The van der Waals surface area contributed by atoms with Crippen LogP contribution in [0.15, 0.2) is 70.9 Å². The van der Waals surface area contributed by atoms with Crippen LogP contribution in [-0.4, -0.2) is 53.4 Å². The van der Waals surface area contributed by atoms with Crippen LogP contribution in [0.1, 0.15) is 16.3 Å². The van der Waals surface area contributed by atoms with E-state index in [0.29, 0.717) is 36.9 Å². The van der Waals surface area contributed by atoms with Crippen molar-refractivity contribution in [3.63, 3.8) is 0 Å². The van der Waals surface area contributed by atoms with E-state index in [0.717, 1.165) is 28.3 Å². The molecule has 0 N–H and O–H groups in total. The van der Waals surface area contributed by atoms with E-state index in [1.165, 1.54) is 16.9 Å². The number of hydrogen-bond donors (Lipinski definition) is 0. The van der Waals surface area contributed by atoms with Crippen LogP contribution < -0.4 is 0 Å². The Balaban J connectivity index is 1.33. The van der Waals surface area contributed by atoms with Crippen LogP contribution in [0.3, 0.4) is 0 Å². The number of hydrogen-bond acceptors (Lipinski definition) is 5. The van der Waals surface area contributed by atoms with E-state index in [2.05, 4.69) is 39.8 Å². The number of aryl methyl sites for hydroxylation is 1. The highest BCUT2D eigenvalue weighted by Crippen LogP contribution is 2.26. The molecule has 3 heterocycles. The summed E-state index contributed by atoms with van der Waals surface area (Å²) in [7, 11) is -3.40. The molecule has 0 spiro atoms.